The molecule has 2 amide bonds. The first-order chi connectivity index (χ1) is 23.4. The summed E-state index contributed by atoms with van der Waals surface area (Å²) in [6.45, 7) is 8.50. The normalized spacial score (nSPS) is 16.7. The summed E-state index contributed by atoms with van der Waals surface area (Å²) in [5.74, 6) is -2.58. The standard InChI is InChI=1S/C38H41N2O6PSSi/c1-6-24-45-38(44)37(47(27-16-10-7-11-17-27,28-18-12-8-13-19-28)29-20-14-9-15-21-29)40-30(34(36(40)43)26(2)46-49(3,4)5)25-31(41)32-22-23-33(48-32)35(39)42/h6-23,26,30,34H,1,24-25H2,2-5H3,(H2,39,42)/t26-,30-,34-/m1/s1. The van der Waals surface area contributed by atoms with E-state index in [-0.39, 0.29) is 35.0 Å². The second kappa shape index (κ2) is 15.0. The average molecular weight is 713 g/mol. The van der Waals surface area contributed by atoms with Crippen molar-refractivity contribution in [3.05, 3.63) is 126 Å². The van der Waals surface area contributed by atoms with E-state index in [2.05, 4.69) is 6.58 Å². The van der Waals surface area contributed by atoms with Gasteiger partial charge in [0.25, 0.3) is 5.91 Å². The summed E-state index contributed by atoms with van der Waals surface area (Å²) in [5.41, 5.74) is 5.67. The lowest BCUT2D eigenvalue weighted by Gasteiger charge is -2.52. The molecule has 8 nitrogen and oxygen atoms in total. The van der Waals surface area contributed by atoms with E-state index in [9.17, 15) is 19.2 Å². The minimum Gasteiger partial charge on any atom is -0.457 e. The molecule has 1 aliphatic rings. The number of amides is 2. The number of hydrogen-bond acceptors (Lipinski definition) is 7. The lowest BCUT2D eigenvalue weighted by molar-refractivity contribution is -0.156. The zero-order chi connectivity index (χ0) is 35.3. The number of esters is 1. The lowest BCUT2D eigenvalue weighted by atomic mass is 9.80. The predicted molar refractivity (Wildman–Crippen MR) is 201 cm³/mol. The van der Waals surface area contributed by atoms with E-state index < -0.39 is 45.1 Å². The smallest absolute Gasteiger partial charge is 0.356 e. The van der Waals surface area contributed by atoms with Crippen LogP contribution in [0.15, 0.2) is 116 Å². The van der Waals surface area contributed by atoms with Gasteiger partial charge in [-0.1, -0.05) is 104 Å². The summed E-state index contributed by atoms with van der Waals surface area (Å²) in [6, 6.07) is 31.5. The van der Waals surface area contributed by atoms with Crippen LogP contribution < -0.4 is 21.6 Å². The Balaban J connectivity index is 1.84. The number of primary amides is 1. The third-order valence-corrected chi connectivity index (χ3v) is 14.8. The molecule has 4 aromatic rings. The number of nitrogens with two attached hydrogens (primary N) is 1. The molecule has 0 aliphatic carbocycles. The molecule has 0 bridgehead atoms. The molecule has 3 aromatic carbocycles. The summed E-state index contributed by atoms with van der Waals surface area (Å²) in [7, 11) is -2.13. The van der Waals surface area contributed by atoms with Crippen molar-refractivity contribution in [2.75, 3.05) is 6.61 Å². The number of β-lactam (4-membered cyclic amide) rings is 1. The second-order valence-corrected chi connectivity index (χ2v) is 21.6. The van der Waals surface area contributed by atoms with Gasteiger partial charge in [-0.3, -0.25) is 14.4 Å². The van der Waals surface area contributed by atoms with Crippen molar-refractivity contribution in [2.45, 2.75) is 45.1 Å². The van der Waals surface area contributed by atoms with E-state index in [4.69, 9.17) is 14.9 Å². The van der Waals surface area contributed by atoms with Gasteiger partial charge in [-0.2, -0.15) is 0 Å². The van der Waals surface area contributed by atoms with E-state index in [1.807, 2.05) is 118 Å². The molecule has 2 N–H and O–H groups in total. The van der Waals surface area contributed by atoms with Crippen LogP contribution in [0.4, 0.5) is 0 Å². The molecule has 0 saturated carbocycles. The van der Waals surface area contributed by atoms with Gasteiger partial charge < -0.3 is 19.8 Å². The van der Waals surface area contributed by atoms with Gasteiger partial charge in [0.15, 0.2) is 14.1 Å². The molecule has 0 spiro atoms. The van der Waals surface area contributed by atoms with Crippen molar-refractivity contribution in [3.63, 3.8) is 0 Å². The number of likely N-dealkylation sites (tertiary alicyclic amines) is 1. The molecule has 254 valence electrons. The maximum absolute atomic E-state index is 14.7. The first-order valence-electron chi connectivity index (χ1n) is 16.0. The van der Waals surface area contributed by atoms with Gasteiger partial charge in [-0.25, -0.2) is 4.79 Å². The molecule has 11 heteroatoms. The van der Waals surface area contributed by atoms with Gasteiger partial charge >= 0.3 is 5.97 Å². The SMILES string of the molecule is C=CCOC(=O)C(N1C(=O)[C@H]([C@@H](C)O[Si](C)(C)C)[C@H]1CC(=O)c1ccc(C(N)=O)s1)=P(c1ccccc1)(c1ccccc1)c1ccccc1. The molecule has 3 atom stereocenters. The van der Waals surface area contributed by atoms with Crippen LogP contribution in [-0.4, -0.2) is 61.0 Å². The van der Waals surface area contributed by atoms with Crippen LogP contribution >= 0.6 is 18.2 Å². The number of rotatable bonds is 14. The predicted octanol–water partition coefficient (Wildman–Crippen LogP) is 5.34. The van der Waals surface area contributed by atoms with Crippen molar-refractivity contribution in [2.24, 2.45) is 11.7 Å². The fourth-order valence-electron chi connectivity index (χ4n) is 6.47. The molecule has 2 heterocycles. The summed E-state index contributed by atoms with van der Waals surface area (Å²) in [6.07, 6.45) is 0.855. The van der Waals surface area contributed by atoms with Crippen LogP contribution in [-0.2, 0) is 18.8 Å². The maximum Gasteiger partial charge on any atom is 0.356 e. The topological polar surface area (TPSA) is 116 Å². The van der Waals surface area contributed by atoms with E-state index in [0.29, 0.717) is 4.88 Å². The van der Waals surface area contributed by atoms with Crippen LogP contribution in [0, 0.1) is 5.92 Å². The summed E-state index contributed by atoms with van der Waals surface area (Å²) >= 11 is 1.01. The molecular formula is C38H41N2O6PSSi. The van der Waals surface area contributed by atoms with Gasteiger partial charge in [0.1, 0.15) is 12.0 Å². The highest BCUT2D eigenvalue weighted by atomic mass is 32.1. The highest BCUT2D eigenvalue weighted by Crippen LogP contribution is 2.50. The van der Waals surface area contributed by atoms with Crippen LogP contribution in [0.25, 0.3) is 0 Å². The van der Waals surface area contributed by atoms with E-state index in [1.54, 1.807) is 6.07 Å². The first-order valence-corrected chi connectivity index (χ1v) is 22.1. The number of nitrogens with zero attached hydrogens (tertiary/aromatic N) is 1. The Morgan fingerprint density at radius 3 is 1.80 bits per heavy atom. The fraction of sp³-hybridized carbons (Fsp3) is 0.237. The van der Waals surface area contributed by atoms with Crippen LogP contribution in [0.3, 0.4) is 0 Å². The van der Waals surface area contributed by atoms with Crippen molar-refractivity contribution >= 4 is 71.4 Å². The molecule has 1 saturated heterocycles. The van der Waals surface area contributed by atoms with Gasteiger partial charge in [-0.05, 0) is 54.6 Å². The number of carbonyl (C=O) groups is 4. The number of carbonyl (C=O) groups excluding carboxylic acids is 4. The average Bonchev–Trinajstić information content (AvgIpc) is 3.59. The van der Waals surface area contributed by atoms with Gasteiger partial charge in [0.05, 0.1) is 27.8 Å². The monoisotopic (exact) mass is 712 g/mol. The summed E-state index contributed by atoms with van der Waals surface area (Å²) in [5, 5.41) is 2.53. The molecule has 1 aromatic heterocycles. The number of thiophene rings is 1. The summed E-state index contributed by atoms with van der Waals surface area (Å²) in [4.78, 5) is 57.4. The molecular weight excluding hydrogens is 672 g/mol. The first kappa shape index (κ1) is 36.0. The van der Waals surface area contributed by atoms with E-state index in [0.717, 1.165) is 27.3 Å². The number of hydrogen-bond donors (Lipinski definition) is 1. The van der Waals surface area contributed by atoms with E-state index in [1.165, 1.54) is 17.0 Å². The van der Waals surface area contributed by atoms with Crippen molar-refractivity contribution < 1.29 is 28.3 Å². The van der Waals surface area contributed by atoms with Gasteiger partial charge in [-0.15, -0.1) is 11.3 Å². The minimum atomic E-state index is -3.17. The van der Waals surface area contributed by atoms with Crippen molar-refractivity contribution in [3.8, 4) is 0 Å². The Kier molecular flexibility index (Phi) is 11.0. The Bertz CT molecular complexity index is 1800. The number of benzene rings is 3. The second-order valence-electron chi connectivity index (χ2n) is 12.8. The zero-order valence-corrected chi connectivity index (χ0v) is 30.8. The summed E-state index contributed by atoms with van der Waals surface area (Å²) < 4.78 is 12.3. The molecule has 0 unspecified atom stereocenters. The third kappa shape index (κ3) is 7.33. The van der Waals surface area contributed by atoms with Crippen molar-refractivity contribution in [1.29, 1.82) is 0 Å². The van der Waals surface area contributed by atoms with Crippen LogP contribution in [0.5, 0.6) is 0 Å². The van der Waals surface area contributed by atoms with Gasteiger partial charge in [0.2, 0.25) is 5.91 Å². The van der Waals surface area contributed by atoms with Gasteiger partial charge in [0, 0.05) is 13.3 Å². The number of ketones is 1. The fourth-order valence-corrected chi connectivity index (χ4v) is 12.9. The molecule has 0 radical (unpaired) electrons. The highest BCUT2D eigenvalue weighted by molar-refractivity contribution is 7.96. The van der Waals surface area contributed by atoms with Crippen LogP contribution in [0.1, 0.15) is 32.7 Å². The number of Topliss-reactive ketones (excluding diaryl/α,β-unsaturated/α-hetero) is 1. The largest absolute Gasteiger partial charge is 0.457 e. The molecule has 49 heavy (non-hydrogen) atoms. The Morgan fingerprint density at radius 1 is 0.878 bits per heavy atom. The lowest BCUT2D eigenvalue weighted by Crippen LogP contribution is -2.69. The quantitative estimate of drug-likeness (QED) is 0.0472. The third-order valence-electron chi connectivity index (χ3n) is 8.32. The zero-order valence-electron chi connectivity index (χ0n) is 28.1. The molecule has 1 aliphatic heterocycles. The Hall–Kier alpha value is -4.34. The number of ether oxygens (including phenoxy) is 1. The van der Waals surface area contributed by atoms with Crippen LogP contribution in [0.2, 0.25) is 19.6 Å². The minimum absolute atomic E-state index is 0.0734. The molecule has 5 rings (SSSR count). The van der Waals surface area contributed by atoms with E-state index >= 15 is 0 Å². The Labute approximate surface area is 292 Å². The molecule has 1 fully saturated rings. The highest BCUT2D eigenvalue weighted by Gasteiger charge is 2.56. The van der Waals surface area contributed by atoms with Crippen molar-refractivity contribution in [1.82, 2.24) is 4.90 Å². The Morgan fingerprint density at radius 2 is 1.37 bits per heavy atom. The maximum atomic E-state index is 14.7.